The first-order valence-corrected chi connectivity index (χ1v) is 14.3. The van der Waals surface area contributed by atoms with E-state index in [4.69, 9.17) is 23.7 Å². The average Bonchev–Trinajstić information content (AvgIpc) is 2.83. The molecule has 0 unspecified atom stereocenters. The van der Waals surface area contributed by atoms with E-state index in [1.165, 1.54) is 96.3 Å². The molecule has 0 spiro atoms. The van der Waals surface area contributed by atoms with Crippen molar-refractivity contribution >= 4 is 0 Å². The lowest BCUT2D eigenvalue weighted by Gasteiger charge is -2.08. The van der Waals surface area contributed by atoms with Gasteiger partial charge in [0.15, 0.2) is 0 Å². The molecule has 33 heavy (non-hydrogen) atoms. The Balaban J connectivity index is 2.99. The maximum atomic E-state index is 5.64. The molecule has 0 atom stereocenters. The van der Waals surface area contributed by atoms with Crippen molar-refractivity contribution in [3.8, 4) is 0 Å². The molecule has 0 saturated heterocycles. The van der Waals surface area contributed by atoms with E-state index in [0.717, 1.165) is 19.6 Å². The van der Waals surface area contributed by atoms with E-state index in [0.29, 0.717) is 52.9 Å². The van der Waals surface area contributed by atoms with Crippen LogP contribution in [0.5, 0.6) is 0 Å². The van der Waals surface area contributed by atoms with Crippen LogP contribution in [0, 0.1) is 0 Å². The molecular weight excluding hydrogens is 416 g/mol. The van der Waals surface area contributed by atoms with Crippen LogP contribution in [0.4, 0.5) is 0 Å². The van der Waals surface area contributed by atoms with Crippen LogP contribution in [0.25, 0.3) is 0 Å². The van der Waals surface area contributed by atoms with Gasteiger partial charge in [-0.05, 0) is 12.8 Å². The van der Waals surface area contributed by atoms with Gasteiger partial charge in [0, 0.05) is 13.2 Å². The Morgan fingerprint density at radius 3 is 0.727 bits per heavy atom. The minimum atomic E-state index is 0.607. The van der Waals surface area contributed by atoms with E-state index in [-0.39, 0.29) is 0 Å². The Morgan fingerprint density at radius 1 is 0.242 bits per heavy atom. The van der Waals surface area contributed by atoms with Crippen molar-refractivity contribution < 1.29 is 23.7 Å². The molecule has 0 amide bonds. The predicted molar refractivity (Wildman–Crippen MR) is 139 cm³/mol. The van der Waals surface area contributed by atoms with E-state index < -0.39 is 0 Å². The molecule has 0 aromatic rings. The van der Waals surface area contributed by atoms with Crippen LogP contribution in [0.15, 0.2) is 0 Å². The highest BCUT2D eigenvalue weighted by Gasteiger charge is 1.96. The third kappa shape index (κ3) is 31.8. The van der Waals surface area contributed by atoms with Crippen molar-refractivity contribution in [2.45, 2.75) is 117 Å². The second kappa shape index (κ2) is 31.8. The monoisotopic (exact) mass is 474 g/mol. The Bertz CT molecular complexity index is 297. The summed E-state index contributed by atoms with van der Waals surface area (Å²) in [7, 11) is 0. The van der Waals surface area contributed by atoms with Gasteiger partial charge in [0.2, 0.25) is 0 Å². The van der Waals surface area contributed by atoms with Gasteiger partial charge in [0.25, 0.3) is 0 Å². The predicted octanol–water partition coefficient (Wildman–Crippen LogP) is 7.35. The molecule has 0 aromatic heterocycles. The van der Waals surface area contributed by atoms with Crippen LogP contribution in [0.2, 0.25) is 0 Å². The van der Waals surface area contributed by atoms with Crippen molar-refractivity contribution in [2.24, 2.45) is 0 Å². The summed E-state index contributed by atoms with van der Waals surface area (Å²) >= 11 is 0. The molecule has 0 fully saturated rings. The summed E-state index contributed by atoms with van der Waals surface area (Å²) in [5.74, 6) is 0. The molecule has 200 valence electrons. The molecule has 0 saturated carbocycles. The highest BCUT2D eigenvalue weighted by molar-refractivity contribution is 4.47. The lowest BCUT2D eigenvalue weighted by molar-refractivity contribution is -0.0114. The molecule has 0 aliphatic carbocycles. The number of ether oxygens (including phenoxy) is 5. The van der Waals surface area contributed by atoms with Gasteiger partial charge in [0.05, 0.1) is 52.9 Å². The van der Waals surface area contributed by atoms with Crippen LogP contribution in [0.1, 0.15) is 117 Å². The summed E-state index contributed by atoms with van der Waals surface area (Å²) in [4.78, 5) is 0. The van der Waals surface area contributed by atoms with E-state index in [1.54, 1.807) is 0 Å². The molecule has 0 aliphatic rings. The summed E-state index contributed by atoms with van der Waals surface area (Å²) in [6, 6.07) is 0. The SMILES string of the molecule is CCCCCCCCCCCCOCCOCCOCCOCCOCCCCCCCC. The zero-order chi connectivity index (χ0) is 23.9. The largest absolute Gasteiger partial charge is 0.379 e. The molecule has 0 heterocycles. The van der Waals surface area contributed by atoms with Crippen LogP contribution >= 0.6 is 0 Å². The fourth-order valence-electron chi connectivity index (χ4n) is 3.66. The topological polar surface area (TPSA) is 46.2 Å². The summed E-state index contributed by atoms with van der Waals surface area (Å²) in [5.41, 5.74) is 0. The summed E-state index contributed by atoms with van der Waals surface area (Å²) in [6.07, 6.45) is 21.4. The van der Waals surface area contributed by atoms with Crippen molar-refractivity contribution in [1.82, 2.24) is 0 Å². The van der Waals surface area contributed by atoms with Crippen molar-refractivity contribution in [2.75, 3.05) is 66.1 Å². The Kier molecular flexibility index (Phi) is 31.6. The molecule has 0 N–H and O–H groups in total. The molecular formula is C28H58O5. The third-order valence-corrected chi connectivity index (χ3v) is 5.77. The van der Waals surface area contributed by atoms with Crippen LogP contribution in [0.3, 0.4) is 0 Å². The summed E-state index contributed by atoms with van der Waals surface area (Å²) in [6.45, 7) is 11.3. The first-order valence-electron chi connectivity index (χ1n) is 14.3. The molecule has 5 heteroatoms. The van der Waals surface area contributed by atoms with Gasteiger partial charge in [0.1, 0.15) is 0 Å². The average molecular weight is 475 g/mol. The number of hydrogen-bond donors (Lipinski definition) is 0. The van der Waals surface area contributed by atoms with Gasteiger partial charge < -0.3 is 23.7 Å². The van der Waals surface area contributed by atoms with Gasteiger partial charge in [-0.2, -0.15) is 0 Å². The molecule has 0 aliphatic heterocycles. The minimum absolute atomic E-state index is 0.607. The second-order valence-corrected chi connectivity index (χ2v) is 9.01. The van der Waals surface area contributed by atoms with E-state index in [9.17, 15) is 0 Å². The highest BCUT2D eigenvalue weighted by atomic mass is 16.6. The van der Waals surface area contributed by atoms with Crippen LogP contribution < -0.4 is 0 Å². The first kappa shape index (κ1) is 32.8. The van der Waals surface area contributed by atoms with Crippen LogP contribution in [-0.4, -0.2) is 66.1 Å². The molecule has 5 nitrogen and oxygen atoms in total. The fourth-order valence-corrected chi connectivity index (χ4v) is 3.66. The van der Waals surface area contributed by atoms with E-state index in [2.05, 4.69) is 13.8 Å². The summed E-state index contributed by atoms with van der Waals surface area (Å²) < 4.78 is 27.8. The minimum Gasteiger partial charge on any atom is -0.379 e. The maximum absolute atomic E-state index is 5.64. The molecule has 0 radical (unpaired) electrons. The van der Waals surface area contributed by atoms with E-state index in [1.807, 2.05) is 0 Å². The number of rotatable bonds is 30. The quantitative estimate of drug-likeness (QED) is 0.102. The van der Waals surface area contributed by atoms with Gasteiger partial charge in [-0.15, -0.1) is 0 Å². The third-order valence-electron chi connectivity index (χ3n) is 5.77. The zero-order valence-electron chi connectivity index (χ0n) is 22.4. The summed E-state index contributed by atoms with van der Waals surface area (Å²) in [5, 5.41) is 0. The first-order chi connectivity index (χ1) is 16.4. The number of hydrogen-bond acceptors (Lipinski definition) is 5. The Hall–Kier alpha value is -0.200. The molecule has 0 rings (SSSR count). The number of unbranched alkanes of at least 4 members (excludes halogenated alkanes) is 14. The Labute approximate surface area is 206 Å². The zero-order valence-corrected chi connectivity index (χ0v) is 22.4. The van der Waals surface area contributed by atoms with Gasteiger partial charge in [-0.3, -0.25) is 0 Å². The van der Waals surface area contributed by atoms with E-state index >= 15 is 0 Å². The van der Waals surface area contributed by atoms with Gasteiger partial charge in [-0.25, -0.2) is 0 Å². The van der Waals surface area contributed by atoms with Crippen molar-refractivity contribution in [3.05, 3.63) is 0 Å². The van der Waals surface area contributed by atoms with Crippen LogP contribution in [-0.2, 0) is 23.7 Å². The smallest absolute Gasteiger partial charge is 0.0701 e. The molecule has 0 bridgehead atoms. The lowest BCUT2D eigenvalue weighted by atomic mass is 10.1. The van der Waals surface area contributed by atoms with Gasteiger partial charge in [-0.1, -0.05) is 104 Å². The Morgan fingerprint density at radius 2 is 0.455 bits per heavy atom. The highest BCUT2D eigenvalue weighted by Crippen LogP contribution is 2.10. The normalized spacial score (nSPS) is 11.5. The fraction of sp³-hybridized carbons (Fsp3) is 1.00. The molecule has 0 aromatic carbocycles. The lowest BCUT2D eigenvalue weighted by Crippen LogP contribution is -2.13. The van der Waals surface area contributed by atoms with Crippen molar-refractivity contribution in [1.29, 1.82) is 0 Å². The second-order valence-electron chi connectivity index (χ2n) is 9.01. The maximum Gasteiger partial charge on any atom is 0.0701 e. The van der Waals surface area contributed by atoms with Gasteiger partial charge >= 0.3 is 0 Å². The van der Waals surface area contributed by atoms with Crippen molar-refractivity contribution in [3.63, 3.8) is 0 Å². The standard InChI is InChI=1S/C28H58O5/c1-3-5-7-9-11-12-13-14-16-18-20-30-22-24-32-26-28-33-27-25-31-23-21-29-19-17-15-10-8-6-4-2/h3-28H2,1-2H3.